The predicted octanol–water partition coefficient (Wildman–Crippen LogP) is 1.23. The van der Waals surface area contributed by atoms with Crippen molar-refractivity contribution in [3.05, 3.63) is 12.4 Å². The fourth-order valence-electron chi connectivity index (χ4n) is 3.43. The van der Waals surface area contributed by atoms with Gasteiger partial charge in [0.1, 0.15) is 0 Å². The van der Waals surface area contributed by atoms with Gasteiger partial charge in [0.25, 0.3) is 0 Å². The standard InChI is InChI=1S/C18H35N7O2S.HI/c1-5-19-18(20-10-12-28(26,27)25(6-2)7-3)22-16-9-8-11-24(14-16)17-13-21-23(4)15-17;/h13,15-16H,5-12,14H2,1-4H3,(H2,19,20,22);1H. The summed E-state index contributed by atoms with van der Waals surface area (Å²) in [4.78, 5) is 6.82. The number of hydrogen-bond acceptors (Lipinski definition) is 5. The summed E-state index contributed by atoms with van der Waals surface area (Å²) in [6.07, 6.45) is 6.06. The molecule has 1 aliphatic heterocycles. The van der Waals surface area contributed by atoms with Crippen molar-refractivity contribution in [3.63, 3.8) is 0 Å². The summed E-state index contributed by atoms with van der Waals surface area (Å²) in [5.74, 6) is 0.702. The Morgan fingerprint density at radius 1 is 1.34 bits per heavy atom. The van der Waals surface area contributed by atoms with E-state index in [1.807, 2.05) is 44.9 Å². The van der Waals surface area contributed by atoms with Crippen LogP contribution in [-0.4, -0.2) is 79.5 Å². The second-order valence-corrected chi connectivity index (χ2v) is 9.05. The molecule has 11 heteroatoms. The number of aliphatic imine (C=N–C) groups is 1. The largest absolute Gasteiger partial charge is 0.367 e. The van der Waals surface area contributed by atoms with Gasteiger partial charge in [-0.15, -0.1) is 24.0 Å². The molecule has 168 valence electrons. The minimum absolute atomic E-state index is 0. The molecule has 1 saturated heterocycles. The number of nitrogens with one attached hydrogen (secondary N) is 2. The first-order chi connectivity index (χ1) is 13.4. The molecule has 1 fully saturated rings. The highest BCUT2D eigenvalue weighted by Crippen LogP contribution is 2.18. The van der Waals surface area contributed by atoms with Crippen LogP contribution in [0.4, 0.5) is 5.69 Å². The van der Waals surface area contributed by atoms with Crippen molar-refractivity contribution < 1.29 is 8.42 Å². The molecule has 2 N–H and O–H groups in total. The van der Waals surface area contributed by atoms with E-state index in [0.29, 0.717) is 19.0 Å². The molecule has 0 saturated carbocycles. The number of sulfonamides is 1. The number of rotatable bonds is 9. The number of aryl methyl sites for hydroxylation is 1. The van der Waals surface area contributed by atoms with Crippen molar-refractivity contribution in [2.45, 2.75) is 39.7 Å². The summed E-state index contributed by atoms with van der Waals surface area (Å²) in [5.41, 5.74) is 1.13. The molecule has 9 nitrogen and oxygen atoms in total. The minimum atomic E-state index is -3.26. The fourth-order valence-corrected chi connectivity index (χ4v) is 4.80. The monoisotopic (exact) mass is 541 g/mol. The van der Waals surface area contributed by atoms with Crippen LogP contribution in [0.15, 0.2) is 17.4 Å². The molecular weight excluding hydrogens is 505 g/mol. The van der Waals surface area contributed by atoms with Crippen molar-refractivity contribution in [3.8, 4) is 0 Å². The summed E-state index contributed by atoms with van der Waals surface area (Å²) < 4.78 is 27.9. The van der Waals surface area contributed by atoms with Gasteiger partial charge in [-0.25, -0.2) is 12.7 Å². The van der Waals surface area contributed by atoms with E-state index in [4.69, 9.17) is 0 Å². The Morgan fingerprint density at radius 3 is 2.66 bits per heavy atom. The summed E-state index contributed by atoms with van der Waals surface area (Å²) in [7, 11) is -1.33. The zero-order valence-electron chi connectivity index (χ0n) is 18.0. The van der Waals surface area contributed by atoms with Crippen molar-refractivity contribution in [1.29, 1.82) is 0 Å². The number of guanidine groups is 1. The molecule has 0 spiro atoms. The van der Waals surface area contributed by atoms with Gasteiger partial charge in [0.05, 0.1) is 24.2 Å². The molecule has 1 aliphatic rings. The topological polar surface area (TPSA) is 94.9 Å². The molecule has 1 atom stereocenters. The van der Waals surface area contributed by atoms with E-state index >= 15 is 0 Å². The summed E-state index contributed by atoms with van der Waals surface area (Å²) >= 11 is 0. The molecule has 29 heavy (non-hydrogen) atoms. The van der Waals surface area contributed by atoms with Crippen LogP contribution in [0.3, 0.4) is 0 Å². The van der Waals surface area contributed by atoms with Crippen LogP contribution < -0.4 is 15.5 Å². The normalized spacial score (nSPS) is 17.9. The van der Waals surface area contributed by atoms with Crippen LogP contribution in [0.1, 0.15) is 33.6 Å². The lowest BCUT2D eigenvalue weighted by Gasteiger charge is -2.34. The summed E-state index contributed by atoms with van der Waals surface area (Å²) in [6.45, 7) is 9.56. The Kier molecular flexibility index (Phi) is 11.3. The lowest BCUT2D eigenvalue weighted by Crippen LogP contribution is -2.51. The molecule has 1 aromatic heterocycles. The van der Waals surface area contributed by atoms with E-state index in [-0.39, 0.29) is 42.3 Å². The lowest BCUT2D eigenvalue weighted by molar-refractivity contribution is 0.445. The molecule has 0 amide bonds. The molecular formula is C18H36IN7O2S. The number of halogens is 1. The number of hydrogen-bond donors (Lipinski definition) is 2. The van der Waals surface area contributed by atoms with Gasteiger partial charge >= 0.3 is 0 Å². The van der Waals surface area contributed by atoms with Crippen molar-refractivity contribution in [2.75, 3.05) is 49.9 Å². The van der Waals surface area contributed by atoms with E-state index in [9.17, 15) is 8.42 Å². The Hall–Kier alpha value is -1.08. The highest BCUT2D eigenvalue weighted by atomic mass is 127. The second-order valence-electron chi connectivity index (χ2n) is 6.96. The second kappa shape index (κ2) is 12.6. The molecule has 0 bridgehead atoms. The zero-order chi connectivity index (χ0) is 20.6. The quantitative estimate of drug-likeness (QED) is 0.278. The molecule has 0 aromatic carbocycles. The van der Waals surface area contributed by atoms with Crippen molar-refractivity contribution in [1.82, 2.24) is 24.7 Å². The van der Waals surface area contributed by atoms with Gasteiger partial charge in [-0.05, 0) is 19.8 Å². The predicted molar refractivity (Wildman–Crippen MR) is 130 cm³/mol. The van der Waals surface area contributed by atoms with E-state index < -0.39 is 10.0 Å². The number of anilines is 1. The Balaban J connectivity index is 0.00000420. The van der Waals surface area contributed by atoms with Crippen LogP contribution in [0.5, 0.6) is 0 Å². The zero-order valence-corrected chi connectivity index (χ0v) is 21.1. The van der Waals surface area contributed by atoms with E-state index in [2.05, 4.69) is 25.6 Å². The van der Waals surface area contributed by atoms with Gasteiger partial charge in [0.2, 0.25) is 10.0 Å². The first-order valence-electron chi connectivity index (χ1n) is 10.2. The van der Waals surface area contributed by atoms with Crippen LogP contribution in [-0.2, 0) is 17.1 Å². The van der Waals surface area contributed by atoms with Crippen LogP contribution in [0, 0.1) is 0 Å². The highest BCUT2D eigenvalue weighted by molar-refractivity contribution is 14.0. The molecule has 0 aliphatic carbocycles. The maximum absolute atomic E-state index is 12.3. The average molecular weight is 542 g/mol. The van der Waals surface area contributed by atoms with E-state index in [1.165, 1.54) is 4.31 Å². The third kappa shape index (κ3) is 7.93. The number of nitrogens with zero attached hydrogens (tertiary/aromatic N) is 5. The number of piperidine rings is 1. The molecule has 2 rings (SSSR count). The average Bonchev–Trinajstić information content (AvgIpc) is 3.09. The fraction of sp³-hybridized carbons (Fsp3) is 0.778. The minimum Gasteiger partial charge on any atom is -0.367 e. The van der Waals surface area contributed by atoms with Crippen LogP contribution in [0.25, 0.3) is 0 Å². The maximum atomic E-state index is 12.3. The first kappa shape index (κ1) is 26.0. The van der Waals surface area contributed by atoms with Crippen LogP contribution in [0.2, 0.25) is 0 Å². The van der Waals surface area contributed by atoms with Gasteiger partial charge in [0.15, 0.2) is 5.96 Å². The molecule has 1 unspecified atom stereocenters. The lowest BCUT2D eigenvalue weighted by atomic mass is 10.1. The number of aromatic nitrogens is 2. The smallest absolute Gasteiger partial charge is 0.215 e. The van der Waals surface area contributed by atoms with Gasteiger partial charge < -0.3 is 15.5 Å². The van der Waals surface area contributed by atoms with Crippen LogP contribution >= 0.6 is 24.0 Å². The third-order valence-electron chi connectivity index (χ3n) is 4.88. The maximum Gasteiger partial charge on any atom is 0.215 e. The molecule has 2 heterocycles. The van der Waals surface area contributed by atoms with Crippen molar-refractivity contribution in [2.24, 2.45) is 12.0 Å². The molecule has 0 radical (unpaired) electrons. The Labute approximate surface area is 192 Å². The first-order valence-corrected chi connectivity index (χ1v) is 11.8. The third-order valence-corrected chi connectivity index (χ3v) is 6.88. The van der Waals surface area contributed by atoms with Gasteiger partial charge in [-0.1, -0.05) is 13.8 Å². The Morgan fingerprint density at radius 2 is 2.07 bits per heavy atom. The van der Waals surface area contributed by atoms with Gasteiger partial charge in [-0.2, -0.15) is 5.10 Å². The highest BCUT2D eigenvalue weighted by Gasteiger charge is 2.22. The Bertz CT molecular complexity index is 734. The van der Waals surface area contributed by atoms with Gasteiger partial charge in [-0.3, -0.25) is 9.67 Å². The van der Waals surface area contributed by atoms with Gasteiger partial charge in [0, 0.05) is 52.0 Å². The molecule has 1 aromatic rings. The summed E-state index contributed by atoms with van der Waals surface area (Å²) in [5, 5.41) is 11.0. The van der Waals surface area contributed by atoms with Crippen molar-refractivity contribution >= 4 is 45.6 Å². The van der Waals surface area contributed by atoms with E-state index in [0.717, 1.165) is 38.2 Å². The SMILES string of the molecule is CCNC(=NCCS(=O)(=O)N(CC)CC)NC1CCCN(c2cnn(C)c2)C1.I. The van der Waals surface area contributed by atoms with E-state index in [1.54, 1.807) is 0 Å². The summed E-state index contributed by atoms with van der Waals surface area (Å²) in [6, 6.07) is 0.256.